The predicted octanol–water partition coefficient (Wildman–Crippen LogP) is 6.94. The first kappa shape index (κ1) is 30.9. The zero-order valence-corrected chi connectivity index (χ0v) is 23.9. The van der Waals surface area contributed by atoms with Crippen LogP contribution in [0.15, 0.2) is 107 Å². The van der Waals surface area contributed by atoms with Crippen molar-refractivity contribution >= 4 is 51.0 Å². The minimum Gasteiger partial charge on any atom is -0.489 e. The van der Waals surface area contributed by atoms with E-state index in [1.807, 2.05) is 12.1 Å². The summed E-state index contributed by atoms with van der Waals surface area (Å²) >= 11 is 11.7. The summed E-state index contributed by atoms with van der Waals surface area (Å²) in [6.45, 7) is -0.547. The molecule has 0 heterocycles. The number of nitrogens with one attached hydrogen (secondary N) is 1. The maximum atomic E-state index is 13.5. The molecule has 0 spiro atoms. The van der Waals surface area contributed by atoms with Gasteiger partial charge in [0.05, 0.1) is 27.4 Å². The molecule has 0 aliphatic carbocycles. The van der Waals surface area contributed by atoms with Crippen LogP contribution in [0.2, 0.25) is 10.0 Å². The highest BCUT2D eigenvalue weighted by molar-refractivity contribution is 7.92. The molecule has 0 aliphatic heterocycles. The number of hydrogen-bond donors (Lipinski definition) is 1. The van der Waals surface area contributed by atoms with Crippen LogP contribution in [-0.4, -0.2) is 27.1 Å². The standard InChI is InChI=1S/C29H22Cl2F3N3O4S/c30-22-6-4-5-21(15-22)19-41-24-12-9-20(10-13-24)17-35-36-28(38)18-37(42(39,40)25-7-2-1-3-8-25)23-11-14-27(31)26(16-23)29(32,33)34/h1-17H,18-19H2,(H,36,38)/b35-17-. The highest BCUT2D eigenvalue weighted by Gasteiger charge is 2.35. The van der Waals surface area contributed by atoms with Gasteiger partial charge < -0.3 is 4.74 Å². The molecule has 1 N–H and O–H groups in total. The van der Waals surface area contributed by atoms with E-state index < -0.39 is 44.9 Å². The summed E-state index contributed by atoms with van der Waals surface area (Å²) in [6.07, 6.45) is -3.53. The molecular formula is C29H22Cl2F3N3O4S. The molecule has 1 amide bonds. The summed E-state index contributed by atoms with van der Waals surface area (Å²) in [6, 6.07) is 23.6. The van der Waals surface area contributed by atoms with E-state index in [1.165, 1.54) is 30.5 Å². The number of ether oxygens (including phenoxy) is 1. The lowest BCUT2D eigenvalue weighted by Crippen LogP contribution is -2.39. The van der Waals surface area contributed by atoms with Crippen molar-refractivity contribution in [3.05, 3.63) is 124 Å². The van der Waals surface area contributed by atoms with Gasteiger partial charge in [0, 0.05) is 5.02 Å². The van der Waals surface area contributed by atoms with Crippen molar-refractivity contribution < 1.29 is 31.1 Å². The van der Waals surface area contributed by atoms with Gasteiger partial charge in [-0.25, -0.2) is 13.8 Å². The molecular weight excluding hydrogens is 614 g/mol. The van der Waals surface area contributed by atoms with Gasteiger partial charge in [0.15, 0.2) is 0 Å². The van der Waals surface area contributed by atoms with E-state index in [2.05, 4.69) is 10.5 Å². The third-order valence-electron chi connectivity index (χ3n) is 5.74. The average Bonchev–Trinajstić information content (AvgIpc) is 2.96. The Labute approximate surface area is 250 Å². The van der Waals surface area contributed by atoms with Crippen molar-refractivity contribution in [1.82, 2.24) is 5.43 Å². The Kier molecular flexibility index (Phi) is 9.77. The molecule has 0 aliphatic rings. The molecule has 0 bridgehead atoms. The molecule has 218 valence electrons. The Hall–Kier alpha value is -4.06. The molecule has 0 saturated heterocycles. The first-order valence-electron chi connectivity index (χ1n) is 12.2. The van der Waals surface area contributed by atoms with Crippen LogP contribution in [0.4, 0.5) is 18.9 Å². The minimum atomic E-state index is -4.85. The fraction of sp³-hybridized carbons (Fsp3) is 0.103. The van der Waals surface area contributed by atoms with Gasteiger partial charge in [-0.05, 0) is 77.9 Å². The molecule has 0 fully saturated rings. The van der Waals surface area contributed by atoms with Crippen LogP contribution in [0.25, 0.3) is 0 Å². The third kappa shape index (κ3) is 8.03. The molecule has 0 atom stereocenters. The van der Waals surface area contributed by atoms with Crippen LogP contribution >= 0.6 is 23.2 Å². The van der Waals surface area contributed by atoms with Crippen LogP contribution in [0.5, 0.6) is 5.75 Å². The number of sulfonamides is 1. The average molecular weight is 636 g/mol. The lowest BCUT2D eigenvalue weighted by molar-refractivity contribution is -0.137. The van der Waals surface area contributed by atoms with E-state index in [9.17, 15) is 26.4 Å². The summed E-state index contributed by atoms with van der Waals surface area (Å²) < 4.78 is 73.5. The fourth-order valence-electron chi connectivity index (χ4n) is 3.71. The van der Waals surface area contributed by atoms with Crippen molar-refractivity contribution in [1.29, 1.82) is 0 Å². The second-order valence-corrected chi connectivity index (χ2v) is 11.5. The maximum Gasteiger partial charge on any atom is 0.417 e. The Morgan fingerprint density at radius 2 is 1.64 bits per heavy atom. The number of carbonyl (C=O) groups excluding carboxylic acids is 1. The largest absolute Gasteiger partial charge is 0.489 e. The van der Waals surface area contributed by atoms with Crippen LogP contribution in [0.1, 0.15) is 16.7 Å². The number of rotatable bonds is 10. The normalized spacial score (nSPS) is 11.8. The van der Waals surface area contributed by atoms with Gasteiger partial charge in [0.1, 0.15) is 18.9 Å². The van der Waals surface area contributed by atoms with Crippen molar-refractivity contribution in [3.63, 3.8) is 0 Å². The van der Waals surface area contributed by atoms with E-state index in [4.69, 9.17) is 27.9 Å². The Balaban J connectivity index is 1.47. The smallest absolute Gasteiger partial charge is 0.417 e. The molecule has 0 saturated carbocycles. The summed E-state index contributed by atoms with van der Waals surface area (Å²) in [5.74, 6) is -0.310. The maximum absolute atomic E-state index is 13.5. The topological polar surface area (TPSA) is 88.1 Å². The number of hydrogen-bond acceptors (Lipinski definition) is 5. The molecule has 13 heteroatoms. The van der Waals surface area contributed by atoms with Gasteiger partial charge in [-0.3, -0.25) is 9.10 Å². The van der Waals surface area contributed by atoms with Crippen molar-refractivity contribution in [2.75, 3.05) is 10.8 Å². The number of hydrazone groups is 1. The predicted molar refractivity (Wildman–Crippen MR) is 155 cm³/mol. The van der Waals surface area contributed by atoms with Gasteiger partial charge >= 0.3 is 6.18 Å². The SMILES string of the molecule is O=C(CN(c1ccc(Cl)c(C(F)(F)F)c1)S(=O)(=O)c1ccccc1)N/N=C\c1ccc(OCc2cccc(Cl)c2)cc1. The van der Waals surface area contributed by atoms with E-state index >= 15 is 0 Å². The summed E-state index contributed by atoms with van der Waals surface area (Å²) in [5.41, 5.74) is 2.05. The monoisotopic (exact) mass is 635 g/mol. The number of halogens is 5. The number of amides is 1. The molecule has 0 unspecified atom stereocenters. The quantitative estimate of drug-likeness (QED) is 0.151. The molecule has 0 aromatic heterocycles. The zero-order valence-electron chi connectivity index (χ0n) is 21.6. The number of anilines is 1. The van der Waals surface area contributed by atoms with Gasteiger partial charge in [0.2, 0.25) is 0 Å². The summed E-state index contributed by atoms with van der Waals surface area (Å²) in [4.78, 5) is 12.5. The molecule has 7 nitrogen and oxygen atoms in total. The van der Waals surface area contributed by atoms with Gasteiger partial charge in [-0.2, -0.15) is 18.3 Å². The number of nitrogens with zero attached hydrogens (tertiary/aromatic N) is 2. The second-order valence-electron chi connectivity index (χ2n) is 8.77. The lowest BCUT2D eigenvalue weighted by Gasteiger charge is -2.24. The summed E-state index contributed by atoms with van der Waals surface area (Å²) in [7, 11) is -4.45. The zero-order chi connectivity index (χ0) is 30.3. The van der Waals surface area contributed by atoms with Crippen LogP contribution < -0.4 is 14.5 Å². The summed E-state index contributed by atoms with van der Waals surface area (Å²) in [5, 5.41) is 3.83. The Morgan fingerprint density at radius 1 is 0.929 bits per heavy atom. The first-order chi connectivity index (χ1) is 19.9. The van der Waals surface area contributed by atoms with E-state index in [-0.39, 0.29) is 4.90 Å². The van der Waals surface area contributed by atoms with E-state index in [0.717, 1.165) is 17.7 Å². The van der Waals surface area contributed by atoms with Gasteiger partial charge in [0.25, 0.3) is 15.9 Å². The van der Waals surface area contributed by atoms with Crippen molar-refractivity contribution in [3.8, 4) is 5.75 Å². The first-order valence-corrected chi connectivity index (χ1v) is 14.4. The third-order valence-corrected chi connectivity index (χ3v) is 8.09. The van der Waals surface area contributed by atoms with Crippen LogP contribution in [0.3, 0.4) is 0 Å². The lowest BCUT2D eigenvalue weighted by atomic mass is 10.2. The molecule has 0 radical (unpaired) electrons. The number of carbonyl (C=O) groups is 1. The van der Waals surface area contributed by atoms with Gasteiger partial charge in [-0.1, -0.05) is 53.5 Å². The van der Waals surface area contributed by atoms with Crippen LogP contribution in [0, 0.1) is 0 Å². The molecule has 42 heavy (non-hydrogen) atoms. The Bertz CT molecular complexity index is 1680. The highest BCUT2D eigenvalue weighted by atomic mass is 35.5. The van der Waals surface area contributed by atoms with Gasteiger partial charge in [-0.15, -0.1) is 0 Å². The van der Waals surface area contributed by atoms with E-state index in [0.29, 0.717) is 33.3 Å². The fourth-order valence-corrected chi connectivity index (χ4v) is 5.58. The minimum absolute atomic E-state index is 0.220. The van der Waals surface area contributed by atoms with Crippen molar-refractivity contribution in [2.24, 2.45) is 5.10 Å². The highest BCUT2D eigenvalue weighted by Crippen LogP contribution is 2.38. The Morgan fingerprint density at radius 3 is 2.31 bits per heavy atom. The molecule has 4 aromatic carbocycles. The van der Waals surface area contributed by atoms with Crippen molar-refractivity contribution in [2.45, 2.75) is 17.7 Å². The molecule has 4 rings (SSSR count). The van der Waals surface area contributed by atoms with Crippen LogP contribution in [-0.2, 0) is 27.6 Å². The number of benzene rings is 4. The second kappa shape index (κ2) is 13.3. The van der Waals surface area contributed by atoms with E-state index in [1.54, 1.807) is 42.5 Å². The molecule has 4 aromatic rings. The number of alkyl halides is 3.